The van der Waals surface area contributed by atoms with E-state index < -0.39 is 0 Å². The zero-order chi connectivity index (χ0) is 16.4. The minimum atomic E-state index is -0.195. The van der Waals surface area contributed by atoms with Crippen LogP contribution >= 0.6 is 0 Å². The maximum Gasteiger partial charge on any atom is 0.293 e. The van der Waals surface area contributed by atoms with Gasteiger partial charge in [-0.2, -0.15) is 0 Å². The zero-order valence-corrected chi connectivity index (χ0v) is 13.3. The second-order valence-electron chi connectivity index (χ2n) is 5.65. The lowest BCUT2D eigenvalue weighted by atomic mass is 10.2. The van der Waals surface area contributed by atoms with E-state index in [0.29, 0.717) is 26.2 Å². The van der Waals surface area contributed by atoms with Crippen LogP contribution in [-0.4, -0.2) is 62.6 Å². The van der Waals surface area contributed by atoms with Gasteiger partial charge in [0.05, 0.1) is 5.69 Å². The first-order valence-corrected chi connectivity index (χ1v) is 7.58. The lowest BCUT2D eigenvalue weighted by molar-refractivity contribution is -0.130. The SMILES string of the molecule is CC(=O)N1CCN(C(=O)c2ncn(-c3ccc(C)cc3)n2)CC1. The Bertz CT molecular complexity index is 714. The van der Waals surface area contributed by atoms with Crippen LogP contribution in [0.4, 0.5) is 0 Å². The molecule has 0 unspecified atom stereocenters. The van der Waals surface area contributed by atoms with Crippen molar-refractivity contribution in [2.75, 3.05) is 26.2 Å². The molecule has 1 fully saturated rings. The number of hydrogen-bond acceptors (Lipinski definition) is 4. The first-order valence-electron chi connectivity index (χ1n) is 7.58. The van der Waals surface area contributed by atoms with Crippen LogP contribution in [0.1, 0.15) is 23.1 Å². The van der Waals surface area contributed by atoms with Crippen molar-refractivity contribution in [2.45, 2.75) is 13.8 Å². The molecule has 0 aliphatic carbocycles. The number of nitrogens with zero attached hydrogens (tertiary/aromatic N) is 5. The lowest BCUT2D eigenvalue weighted by Gasteiger charge is -2.33. The van der Waals surface area contributed by atoms with Gasteiger partial charge in [-0.3, -0.25) is 9.59 Å². The zero-order valence-electron chi connectivity index (χ0n) is 13.3. The third-order valence-corrected chi connectivity index (χ3v) is 3.99. The van der Waals surface area contributed by atoms with Gasteiger partial charge >= 0.3 is 0 Å². The molecule has 0 atom stereocenters. The van der Waals surface area contributed by atoms with Gasteiger partial charge in [-0.15, -0.1) is 5.10 Å². The van der Waals surface area contributed by atoms with Crippen molar-refractivity contribution in [3.63, 3.8) is 0 Å². The summed E-state index contributed by atoms with van der Waals surface area (Å²) in [5.41, 5.74) is 2.03. The summed E-state index contributed by atoms with van der Waals surface area (Å²) in [4.78, 5) is 31.3. The molecule has 120 valence electrons. The molecule has 0 saturated carbocycles. The highest BCUT2D eigenvalue weighted by atomic mass is 16.2. The van der Waals surface area contributed by atoms with Crippen LogP contribution in [0.2, 0.25) is 0 Å². The summed E-state index contributed by atoms with van der Waals surface area (Å²) in [6.45, 7) is 5.69. The minimum absolute atomic E-state index is 0.0406. The number of carbonyl (C=O) groups excluding carboxylic acids is 2. The van der Waals surface area contributed by atoms with Gasteiger partial charge in [0, 0.05) is 33.1 Å². The molecule has 1 saturated heterocycles. The third kappa shape index (κ3) is 3.23. The van der Waals surface area contributed by atoms with E-state index in [0.717, 1.165) is 11.3 Å². The van der Waals surface area contributed by atoms with Gasteiger partial charge in [-0.25, -0.2) is 9.67 Å². The maximum atomic E-state index is 12.5. The average molecular weight is 313 g/mol. The fourth-order valence-electron chi connectivity index (χ4n) is 2.55. The van der Waals surface area contributed by atoms with Crippen molar-refractivity contribution < 1.29 is 9.59 Å². The molecule has 0 N–H and O–H groups in total. The van der Waals surface area contributed by atoms with Crippen molar-refractivity contribution in [1.82, 2.24) is 24.6 Å². The van der Waals surface area contributed by atoms with Gasteiger partial charge in [0.15, 0.2) is 0 Å². The van der Waals surface area contributed by atoms with Gasteiger partial charge in [-0.05, 0) is 19.1 Å². The lowest BCUT2D eigenvalue weighted by Crippen LogP contribution is -2.50. The summed E-state index contributed by atoms with van der Waals surface area (Å²) in [6.07, 6.45) is 1.55. The van der Waals surface area contributed by atoms with Crippen molar-refractivity contribution in [2.24, 2.45) is 0 Å². The van der Waals surface area contributed by atoms with E-state index in [2.05, 4.69) is 10.1 Å². The molecule has 2 aromatic rings. The molecule has 7 nitrogen and oxygen atoms in total. The van der Waals surface area contributed by atoms with E-state index in [1.165, 1.54) is 0 Å². The predicted molar refractivity (Wildman–Crippen MR) is 84.3 cm³/mol. The molecule has 1 aromatic heterocycles. The molecule has 2 heterocycles. The second-order valence-corrected chi connectivity index (χ2v) is 5.65. The smallest absolute Gasteiger partial charge is 0.293 e. The molecule has 23 heavy (non-hydrogen) atoms. The summed E-state index contributed by atoms with van der Waals surface area (Å²) in [6, 6.07) is 7.84. The van der Waals surface area contributed by atoms with Crippen molar-refractivity contribution in [3.05, 3.63) is 42.0 Å². The van der Waals surface area contributed by atoms with Gasteiger partial charge in [0.1, 0.15) is 6.33 Å². The van der Waals surface area contributed by atoms with Crippen LogP contribution in [0.5, 0.6) is 0 Å². The van der Waals surface area contributed by atoms with Crippen molar-refractivity contribution in [3.8, 4) is 5.69 Å². The van der Waals surface area contributed by atoms with Crippen molar-refractivity contribution in [1.29, 1.82) is 0 Å². The van der Waals surface area contributed by atoms with Gasteiger partial charge in [-0.1, -0.05) is 17.7 Å². The van der Waals surface area contributed by atoms with Gasteiger partial charge in [0.25, 0.3) is 5.91 Å². The predicted octanol–water partition coefficient (Wildman–Crippen LogP) is 0.880. The Morgan fingerprint density at radius 3 is 2.22 bits per heavy atom. The summed E-state index contributed by atoms with van der Waals surface area (Å²) < 4.78 is 1.60. The average Bonchev–Trinajstić information content (AvgIpc) is 3.05. The molecule has 1 aliphatic rings. The first kappa shape index (κ1) is 15.2. The molecule has 0 spiro atoms. The number of hydrogen-bond donors (Lipinski definition) is 0. The largest absolute Gasteiger partial charge is 0.339 e. The van der Waals surface area contributed by atoms with E-state index in [9.17, 15) is 9.59 Å². The first-order chi connectivity index (χ1) is 11.0. The molecular weight excluding hydrogens is 294 g/mol. The molecule has 1 aromatic carbocycles. The van der Waals surface area contributed by atoms with Crippen LogP contribution in [0, 0.1) is 6.92 Å². The Kier molecular flexibility index (Phi) is 4.10. The van der Waals surface area contributed by atoms with E-state index in [1.54, 1.807) is 27.7 Å². The fraction of sp³-hybridized carbons (Fsp3) is 0.375. The van der Waals surface area contributed by atoms with E-state index in [1.807, 2.05) is 31.2 Å². The summed E-state index contributed by atoms with van der Waals surface area (Å²) in [5, 5.41) is 4.27. The molecule has 7 heteroatoms. The van der Waals surface area contributed by atoms with E-state index >= 15 is 0 Å². The van der Waals surface area contributed by atoms with Crippen LogP contribution in [0.3, 0.4) is 0 Å². The maximum absolute atomic E-state index is 12.5. The highest BCUT2D eigenvalue weighted by molar-refractivity contribution is 5.90. The summed E-state index contributed by atoms with van der Waals surface area (Å²) >= 11 is 0. The topological polar surface area (TPSA) is 71.3 Å². The Morgan fingerprint density at radius 2 is 1.61 bits per heavy atom. The third-order valence-electron chi connectivity index (χ3n) is 3.99. The van der Waals surface area contributed by atoms with E-state index in [4.69, 9.17) is 0 Å². The number of carbonyl (C=O) groups is 2. The van der Waals surface area contributed by atoms with Crippen LogP contribution in [-0.2, 0) is 4.79 Å². The van der Waals surface area contributed by atoms with Gasteiger partial charge in [0.2, 0.25) is 11.7 Å². The monoisotopic (exact) mass is 313 g/mol. The molecule has 0 bridgehead atoms. The Hall–Kier alpha value is -2.70. The van der Waals surface area contributed by atoms with Gasteiger partial charge < -0.3 is 9.80 Å². The Labute approximate surface area is 134 Å². The van der Waals surface area contributed by atoms with E-state index in [-0.39, 0.29) is 17.6 Å². The normalized spacial score (nSPS) is 14.9. The highest BCUT2D eigenvalue weighted by Gasteiger charge is 2.25. The molecule has 1 aliphatic heterocycles. The van der Waals surface area contributed by atoms with Crippen LogP contribution in [0.25, 0.3) is 5.69 Å². The van der Waals surface area contributed by atoms with Crippen LogP contribution < -0.4 is 0 Å². The number of rotatable bonds is 2. The standard InChI is InChI=1S/C16H19N5O2/c1-12-3-5-14(6-4-12)21-11-17-15(18-21)16(23)20-9-7-19(8-10-20)13(2)22/h3-6,11H,7-10H2,1-2H3. The Balaban J connectivity index is 1.69. The Morgan fingerprint density at radius 1 is 1.00 bits per heavy atom. The number of benzene rings is 1. The fourth-order valence-corrected chi connectivity index (χ4v) is 2.55. The minimum Gasteiger partial charge on any atom is -0.339 e. The number of aryl methyl sites for hydroxylation is 1. The quantitative estimate of drug-likeness (QED) is 0.825. The molecule has 3 rings (SSSR count). The second kappa shape index (κ2) is 6.20. The number of piperazine rings is 1. The number of aromatic nitrogens is 3. The van der Waals surface area contributed by atoms with Crippen LogP contribution in [0.15, 0.2) is 30.6 Å². The number of amides is 2. The summed E-state index contributed by atoms with van der Waals surface area (Å²) in [7, 11) is 0. The summed E-state index contributed by atoms with van der Waals surface area (Å²) in [5.74, 6) is 0.0276. The molecule has 0 radical (unpaired) electrons. The highest BCUT2D eigenvalue weighted by Crippen LogP contribution is 2.10. The van der Waals surface area contributed by atoms with Crippen molar-refractivity contribution >= 4 is 11.8 Å². The molecular formula is C16H19N5O2. The molecule has 2 amide bonds.